The summed E-state index contributed by atoms with van der Waals surface area (Å²) in [5.41, 5.74) is 0. The maximum atomic E-state index is 10.2. The predicted octanol–water partition coefficient (Wildman–Crippen LogP) is 9.54. The van der Waals surface area contributed by atoms with Crippen molar-refractivity contribution in [2.24, 2.45) is 0 Å². The molecule has 0 radical (unpaired) electrons. The smallest absolute Gasteiger partial charge is 0.550 e. The summed E-state index contributed by atoms with van der Waals surface area (Å²) >= 11 is 0. The van der Waals surface area contributed by atoms with E-state index in [9.17, 15) is 19.8 Å². The van der Waals surface area contributed by atoms with Crippen molar-refractivity contribution in [3.63, 3.8) is 0 Å². The van der Waals surface area contributed by atoms with Gasteiger partial charge < -0.3 is 24.9 Å². The van der Waals surface area contributed by atoms with Gasteiger partial charge >= 0.3 is 19.5 Å². The van der Waals surface area contributed by atoms with Crippen LogP contribution in [0.25, 0.3) is 0 Å². The largest absolute Gasteiger partial charge is 2.00 e. The standard InChI is InChI=1S/2C18H34O2.C2H6O.Zn/c2*1-2-3-4-5-6-7-8-9-10-11-12-13-14-15-16-17-18(19)20;1-2-3;/h2*9-10H,2-8,11-17H2,1H3,(H,19,20);3H,2H2,1H3;/q;;;+2/p-2/b2*10-9-;;. The number of carboxylic acids is 2. The fourth-order valence-electron chi connectivity index (χ4n) is 4.68. The van der Waals surface area contributed by atoms with Crippen LogP contribution >= 0.6 is 0 Å². The minimum atomic E-state index is -0.914. The molecule has 5 nitrogen and oxygen atoms in total. The van der Waals surface area contributed by atoms with Gasteiger partial charge in [0.1, 0.15) is 0 Å². The number of aliphatic hydroxyl groups excluding tert-OH is 1. The minimum absolute atomic E-state index is 0. The van der Waals surface area contributed by atoms with Crippen LogP contribution in [0.5, 0.6) is 0 Å². The molecule has 0 aliphatic rings. The Morgan fingerprint density at radius 3 is 0.864 bits per heavy atom. The molecule has 6 heteroatoms. The van der Waals surface area contributed by atoms with Gasteiger partial charge in [0, 0.05) is 18.5 Å². The number of carboxylic acid groups (broad SMARTS) is 2. The maximum absolute atomic E-state index is 10.2. The number of hydrogen-bond acceptors (Lipinski definition) is 5. The SMILES string of the molecule is CCCCCCCC/C=C\CCCCCCCC(=O)[O-].CCCCCCCC/C=C\CCCCCCCC(=O)[O-].CCO.[Zn+2]. The van der Waals surface area contributed by atoms with Crippen molar-refractivity contribution in [2.45, 2.75) is 201 Å². The average molecular weight is 674 g/mol. The van der Waals surface area contributed by atoms with Crippen LogP contribution < -0.4 is 10.2 Å². The molecule has 0 heterocycles. The van der Waals surface area contributed by atoms with Gasteiger partial charge in [0.05, 0.1) is 0 Å². The molecule has 0 unspecified atom stereocenters. The van der Waals surface area contributed by atoms with Gasteiger partial charge in [-0.15, -0.1) is 0 Å². The number of rotatable bonds is 30. The Labute approximate surface area is 286 Å². The van der Waals surface area contributed by atoms with Crippen LogP contribution in [0.3, 0.4) is 0 Å². The molecule has 0 rings (SSSR count). The van der Waals surface area contributed by atoms with Crippen molar-refractivity contribution in [3.8, 4) is 0 Å². The molecule has 0 atom stereocenters. The first-order valence-corrected chi connectivity index (χ1v) is 18.3. The fourth-order valence-corrected chi connectivity index (χ4v) is 4.68. The van der Waals surface area contributed by atoms with E-state index in [1.54, 1.807) is 6.92 Å². The molecule has 0 saturated heterocycles. The second-order valence-electron chi connectivity index (χ2n) is 11.7. The van der Waals surface area contributed by atoms with Crippen molar-refractivity contribution >= 4 is 11.9 Å². The van der Waals surface area contributed by atoms with Gasteiger partial charge in [0.25, 0.3) is 0 Å². The van der Waals surface area contributed by atoms with Gasteiger partial charge in [0.15, 0.2) is 0 Å². The van der Waals surface area contributed by atoms with E-state index in [4.69, 9.17) is 5.11 Å². The molecule has 0 saturated carbocycles. The third-order valence-corrected chi connectivity index (χ3v) is 7.29. The first kappa shape index (κ1) is 49.9. The molecule has 0 amide bonds. The van der Waals surface area contributed by atoms with Crippen LogP contribution in [0.2, 0.25) is 0 Å². The van der Waals surface area contributed by atoms with Crippen LogP contribution in [-0.4, -0.2) is 23.7 Å². The van der Waals surface area contributed by atoms with E-state index in [2.05, 4.69) is 38.2 Å². The van der Waals surface area contributed by atoms with E-state index in [1.165, 1.54) is 128 Å². The van der Waals surface area contributed by atoms with Crippen molar-refractivity contribution in [2.75, 3.05) is 6.61 Å². The number of carbonyl (C=O) groups excluding carboxylic acids is 2. The molecule has 0 aromatic carbocycles. The van der Waals surface area contributed by atoms with E-state index in [0.717, 1.165) is 38.5 Å². The number of allylic oxidation sites excluding steroid dienone is 4. The Morgan fingerprint density at radius 2 is 0.636 bits per heavy atom. The molecule has 0 aromatic heterocycles. The molecule has 0 aliphatic carbocycles. The maximum Gasteiger partial charge on any atom is 2.00 e. The van der Waals surface area contributed by atoms with E-state index >= 15 is 0 Å². The monoisotopic (exact) mass is 672 g/mol. The van der Waals surface area contributed by atoms with E-state index in [-0.39, 0.29) is 38.9 Å². The Bertz CT molecular complexity index is 542. The Balaban J connectivity index is -0.000000326. The molecule has 1 N–H and O–H groups in total. The minimum Gasteiger partial charge on any atom is -0.550 e. The molecule has 256 valence electrons. The summed E-state index contributed by atoms with van der Waals surface area (Å²) in [6.07, 6.45) is 41.8. The van der Waals surface area contributed by atoms with E-state index in [0.29, 0.717) is 0 Å². The topological polar surface area (TPSA) is 100 Å². The van der Waals surface area contributed by atoms with Gasteiger partial charge in [-0.2, -0.15) is 0 Å². The summed E-state index contributed by atoms with van der Waals surface area (Å²) in [5.74, 6) is -1.83. The van der Waals surface area contributed by atoms with Gasteiger partial charge in [-0.25, -0.2) is 0 Å². The number of aliphatic carboxylic acids is 2. The van der Waals surface area contributed by atoms with Crippen LogP contribution in [-0.2, 0) is 29.1 Å². The molecule has 0 bridgehead atoms. The Hall–Kier alpha value is -0.997. The van der Waals surface area contributed by atoms with Crippen LogP contribution in [0.1, 0.15) is 201 Å². The quantitative estimate of drug-likeness (QED) is 0.0465. The second-order valence-corrected chi connectivity index (χ2v) is 11.7. The van der Waals surface area contributed by atoms with Crippen LogP contribution in [0, 0.1) is 0 Å². The van der Waals surface area contributed by atoms with Crippen LogP contribution in [0.4, 0.5) is 0 Å². The fraction of sp³-hybridized carbons (Fsp3) is 0.842. The Kier molecular flexibility index (Phi) is 55.4. The third-order valence-electron chi connectivity index (χ3n) is 7.29. The van der Waals surface area contributed by atoms with Crippen molar-refractivity contribution in [1.82, 2.24) is 0 Å². The first-order valence-electron chi connectivity index (χ1n) is 18.3. The normalized spacial score (nSPS) is 10.6. The molecule has 0 aliphatic heterocycles. The number of aliphatic hydroxyl groups is 1. The summed E-state index contributed by atoms with van der Waals surface area (Å²) in [6, 6.07) is 0. The van der Waals surface area contributed by atoms with E-state index < -0.39 is 11.9 Å². The molecule has 44 heavy (non-hydrogen) atoms. The zero-order valence-electron chi connectivity index (χ0n) is 29.6. The summed E-state index contributed by atoms with van der Waals surface area (Å²) in [5, 5.41) is 28.0. The van der Waals surface area contributed by atoms with Gasteiger partial charge in [-0.05, 0) is 84.0 Å². The van der Waals surface area contributed by atoms with Crippen LogP contribution in [0.15, 0.2) is 24.3 Å². The molecule has 0 fully saturated rings. The second kappa shape index (κ2) is 48.9. The molecular weight excluding hydrogens is 602 g/mol. The van der Waals surface area contributed by atoms with Crippen molar-refractivity contribution < 1.29 is 44.4 Å². The van der Waals surface area contributed by atoms with Gasteiger partial charge in [-0.3, -0.25) is 0 Å². The summed E-state index contributed by atoms with van der Waals surface area (Å²) in [6.45, 7) is 6.44. The number of carbonyl (C=O) groups is 2. The van der Waals surface area contributed by atoms with Crippen molar-refractivity contribution in [3.05, 3.63) is 24.3 Å². The third kappa shape index (κ3) is 60.2. The van der Waals surface area contributed by atoms with Gasteiger partial charge in [0.2, 0.25) is 0 Å². The number of hydrogen-bond donors (Lipinski definition) is 1. The number of unbranched alkanes of at least 4 members (excludes halogenated alkanes) is 22. The molecule has 0 spiro atoms. The molecular formula is C38H72O5Zn. The summed E-state index contributed by atoms with van der Waals surface area (Å²) in [4.78, 5) is 20.4. The Morgan fingerprint density at radius 1 is 0.432 bits per heavy atom. The molecule has 0 aromatic rings. The summed E-state index contributed by atoms with van der Waals surface area (Å²) in [7, 11) is 0. The first-order chi connectivity index (χ1) is 21.0. The van der Waals surface area contributed by atoms with Gasteiger partial charge in [-0.1, -0.05) is 141 Å². The zero-order chi connectivity index (χ0) is 32.5. The van der Waals surface area contributed by atoms with Crippen molar-refractivity contribution in [1.29, 1.82) is 0 Å². The summed E-state index contributed by atoms with van der Waals surface area (Å²) < 4.78 is 0. The predicted molar refractivity (Wildman–Crippen MR) is 182 cm³/mol. The van der Waals surface area contributed by atoms with E-state index in [1.807, 2.05) is 0 Å². The average Bonchev–Trinajstić information content (AvgIpc) is 2.97. The zero-order valence-corrected chi connectivity index (χ0v) is 32.6.